The van der Waals surface area contributed by atoms with Gasteiger partial charge in [0.1, 0.15) is 0 Å². The van der Waals surface area contributed by atoms with Crippen LogP contribution in [0.4, 0.5) is 0 Å². The van der Waals surface area contributed by atoms with Gasteiger partial charge in [0.2, 0.25) is 11.8 Å². The van der Waals surface area contributed by atoms with Crippen LogP contribution in [0.3, 0.4) is 0 Å². The summed E-state index contributed by atoms with van der Waals surface area (Å²) in [5.41, 5.74) is 6.76. The number of aromatic amines is 1. The summed E-state index contributed by atoms with van der Waals surface area (Å²) < 4.78 is 3.74. The fraction of sp³-hybridized carbons (Fsp3) is 0.167. The summed E-state index contributed by atoms with van der Waals surface area (Å²) in [6.45, 7) is 0.968. The molecule has 6 rings (SSSR count). The van der Waals surface area contributed by atoms with Crippen molar-refractivity contribution in [2.45, 2.75) is 19.4 Å². The van der Waals surface area contributed by atoms with E-state index in [9.17, 15) is 10.2 Å². The zero-order valence-corrected chi connectivity index (χ0v) is 16.1. The minimum absolute atomic E-state index is 0.0641. The molecular weight excluding hydrogens is 362 g/mol. The monoisotopic (exact) mass is 383 g/mol. The number of hydrogen-bond donors (Lipinski definition) is 3. The summed E-state index contributed by atoms with van der Waals surface area (Å²) >= 11 is 0. The highest BCUT2D eigenvalue weighted by atomic mass is 16.3. The molecule has 0 bridgehead atoms. The lowest BCUT2D eigenvalue weighted by Gasteiger charge is -2.14. The number of aromatic nitrogens is 3. The topological polar surface area (TPSA) is 66.1 Å². The van der Waals surface area contributed by atoms with E-state index >= 15 is 0 Å². The first-order valence-electron chi connectivity index (χ1n) is 9.93. The summed E-state index contributed by atoms with van der Waals surface area (Å²) in [5, 5.41) is 24.1. The lowest BCUT2D eigenvalue weighted by atomic mass is 9.96. The number of aromatic hydroxyl groups is 2. The van der Waals surface area contributed by atoms with E-state index in [1.807, 2.05) is 30.5 Å². The number of H-pyrrole nitrogens is 1. The molecule has 0 fully saturated rings. The zero-order chi connectivity index (χ0) is 19.7. The first-order valence-corrected chi connectivity index (χ1v) is 9.93. The van der Waals surface area contributed by atoms with Crippen molar-refractivity contribution >= 4 is 21.8 Å². The van der Waals surface area contributed by atoms with E-state index in [0.29, 0.717) is 11.1 Å². The Labute approximate surface area is 167 Å². The van der Waals surface area contributed by atoms with Crippen molar-refractivity contribution in [3.63, 3.8) is 0 Å². The van der Waals surface area contributed by atoms with E-state index in [0.717, 1.165) is 46.8 Å². The first kappa shape index (κ1) is 16.4. The van der Waals surface area contributed by atoms with Crippen LogP contribution in [-0.4, -0.2) is 24.3 Å². The van der Waals surface area contributed by atoms with Gasteiger partial charge in [0.05, 0.1) is 16.6 Å². The van der Waals surface area contributed by atoms with Crippen molar-refractivity contribution in [2.24, 2.45) is 7.05 Å². The average molecular weight is 383 g/mol. The zero-order valence-electron chi connectivity index (χ0n) is 16.1. The molecule has 3 aromatic heterocycles. The first-order chi connectivity index (χ1) is 14.1. The number of fused-ring (bicyclic) bond motifs is 1. The fourth-order valence-corrected chi connectivity index (χ4v) is 4.90. The highest BCUT2D eigenvalue weighted by molar-refractivity contribution is 6.08. The third-order valence-corrected chi connectivity index (χ3v) is 6.29. The number of hydrogen-bond acceptors (Lipinski definition) is 2. The Hall–Kier alpha value is -3.60. The molecule has 0 atom stereocenters. The van der Waals surface area contributed by atoms with E-state index < -0.39 is 0 Å². The minimum Gasteiger partial charge on any atom is -0.494 e. The van der Waals surface area contributed by atoms with Gasteiger partial charge in [-0.15, -0.1) is 0 Å². The van der Waals surface area contributed by atoms with Gasteiger partial charge in [-0.1, -0.05) is 36.4 Å². The number of benzene rings is 2. The second kappa shape index (κ2) is 5.70. The van der Waals surface area contributed by atoms with Gasteiger partial charge in [-0.05, 0) is 24.5 Å². The molecular formula is C24H21N3O2. The van der Waals surface area contributed by atoms with Crippen LogP contribution in [0.25, 0.3) is 44.1 Å². The van der Waals surface area contributed by atoms with Crippen LogP contribution in [0.5, 0.6) is 11.8 Å². The molecule has 0 spiro atoms. The van der Waals surface area contributed by atoms with Crippen molar-refractivity contribution in [3.8, 4) is 34.0 Å². The van der Waals surface area contributed by atoms with Crippen molar-refractivity contribution in [1.82, 2.24) is 14.1 Å². The van der Waals surface area contributed by atoms with E-state index in [2.05, 4.69) is 33.9 Å². The van der Waals surface area contributed by atoms with Gasteiger partial charge in [-0.3, -0.25) is 4.57 Å². The summed E-state index contributed by atoms with van der Waals surface area (Å²) in [4.78, 5) is 3.29. The number of nitrogens with zero attached hydrogens (tertiary/aromatic N) is 2. The van der Waals surface area contributed by atoms with Crippen LogP contribution in [0.1, 0.15) is 12.0 Å². The quantitative estimate of drug-likeness (QED) is 0.394. The van der Waals surface area contributed by atoms with Gasteiger partial charge >= 0.3 is 0 Å². The second-order valence-electron chi connectivity index (χ2n) is 7.86. The molecule has 4 heterocycles. The van der Waals surface area contributed by atoms with Crippen LogP contribution >= 0.6 is 0 Å². The molecule has 144 valence electrons. The normalized spacial score (nSPS) is 13.6. The highest BCUT2D eigenvalue weighted by Gasteiger charge is 2.28. The number of rotatable bonds is 2. The van der Waals surface area contributed by atoms with Crippen LogP contribution in [0.15, 0.2) is 54.9 Å². The molecule has 0 unspecified atom stereocenters. The standard InChI is InChI=1S/C24H21N3O2/c1-26-23(28)20(17-12-25-19-10-3-2-8-15(17)19)21(24(26)29)18-13-27-11-5-7-14-6-4-9-16(18)22(14)27/h2-4,6,8-10,12-13,25,28-29H,5,7,11H2,1H3. The SMILES string of the molecule is Cn1c(O)c(-c2c[nH]c3ccccc23)c(-c2cn3c4c(cccc24)CCC3)c1O. The molecule has 5 aromatic rings. The molecule has 1 aliphatic heterocycles. The third kappa shape index (κ3) is 2.10. The molecule has 1 aliphatic rings. The molecule has 5 heteroatoms. The fourth-order valence-electron chi connectivity index (χ4n) is 4.90. The minimum atomic E-state index is 0.0641. The highest BCUT2D eigenvalue weighted by Crippen LogP contribution is 2.50. The Morgan fingerprint density at radius 3 is 2.52 bits per heavy atom. The van der Waals surface area contributed by atoms with Gasteiger partial charge in [0.15, 0.2) is 0 Å². The maximum Gasteiger partial charge on any atom is 0.202 e. The predicted molar refractivity (Wildman–Crippen MR) is 115 cm³/mol. The van der Waals surface area contributed by atoms with Gasteiger partial charge < -0.3 is 19.8 Å². The Bertz CT molecular complexity index is 1420. The third-order valence-electron chi connectivity index (χ3n) is 6.29. The molecule has 29 heavy (non-hydrogen) atoms. The van der Waals surface area contributed by atoms with E-state index in [4.69, 9.17) is 0 Å². The van der Waals surface area contributed by atoms with Crippen molar-refractivity contribution in [1.29, 1.82) is 0 Å². The second-order valence-corrected chi connectivity index (χ2v) is 7.86. The molecule has 0 saturated carbocycles. The maximum atomic E-state index is 11.0. The van der Waals surface area contributed by atoms with E-state index in [1.54, 1.807) is 7.05 Å². The Balaban J connectivity index is 1.72. The van der Waals surface area contributed by atoms with Gasteiger partial charge in [0, 0.05) is 53.4 Å². The number of para-hydroxylation sites is 2. The molecule has 0 saturated heterocycles. The summed E-state index contributed by atoms with van der Waals surface area (Å²) in [5.74, 6) is 0.140. The van der Waals surface area contributed by atoms with Crippen LogP contribution in [0, 0.1) is 0 Å². The molecule has 3 N–H and O–H groups in total. The molecule has 0 radical (unpaired) electrons. The van der Waals surface area contributed by atoms with Crippen molar-refractivity contribution in [2.75, 3.05) is 0 Å². The Morgan fingerprint density at radius 2 is 1.66 bits per heavy atom. The van der Waals surface area contributed by atoms with Crippen molar-refractivity contribution in [3.05, 3.63) is 60.4 Å². The largest absolute Gasteiger partial charge is 0.494 e. The lowest BCUT2D eigenvalue weighted by Crippen LogP contribution is -2.05. The lowest BCUT2D eigenvalue weighted by molar-refractivity contribution is 0.388. The predicted octanol–water partition coefficient (Wildman–Crippen LogP) is 5.15. The van der Waals surface area contributed by atoms with Gasteiger partial charge in [-0.25, -0.2) is 0 Å². The maximum absolute atomic E-state index is 11.0. The van der Waals surface area contributed by atoms with Gasteiger partial charge in [-0.2, -0.15) is 0 Å². The Morgan fingerprint density at radius 1 is 0.897 bits per heavy atom. The summed E-state index contributed by atoms with van der Waals surface area (Å²) in [6.07, 6.45) is 6.22. The average Bonchev–Trinajstić information content (AvgIpc) is 3.39. The van der Waals surface area contributed by atoms with E-state index in [-0.39, 0.29) is 11.8 Å². The number of aryl methyl sites for hydroxylation is 2. The molecule has 0 amide bonds. The van der Waals surface area contributed by atoms with Crippen LogP contribution in [0.2, 0.25) is 0 Å². The summed E-state index contributed by atoms with van der Waals surface area (Å²) in [6, 6.07) is 14.4. The van der Waals surface area contributed by atoms with Gasteiger partial charge in [0.25, 0.3) is 0 Å². The molecule has 5 nitrogen and oxygen atoms in total. The van der Waals surface area contributed by atoms with E-state index in [1.165, 1.54) is 15.6 Å². The smallest absolute Gasteiger partial charge is 0.202 e. The molecule has 0 aliphatic carbocycles. The van der Waals surface area contributed by atoms with Crippen LogP contribution in [-0.2, 0) is 20.0 Å². The van der Waals surface area contributed by atoms with Crippen LogP contribution < -0.4 is 0 Å². The molecule has 2 aromatic carbocycles. The summed E-state index contributed by atoms with van der Waals surface area (Å²) in [7, 11) is 1.69. The van der Waals surface area contributed by atoms with Crippen molar-refractivity contribution < 1.29 is 10.2 Å². The Kier molecular flexibility index (Phi) is 3.22. The number of nitrogens with one attached hydrogen (secondary N) is 1.